The van der Waals surface area contributed by atoms with Crippen LogP contribution in [0.3, 0.4) is 0 Å². The Bertz CT molecular complexity index is 570. The van der Waals surface area contributed by atoms with Gasteiger partial charge in [0.25, 0.3) is 0 Å². The third kappa shape index (κ3) is 2.65. The molecule has 2 atom stereocenters. The van der Waals surface area contributed by atoms with Crippen LogP contribution in [0.1, 0.15) is 30.7 Å². The summed E-state index contributed by atoms with van der Waals surface area (Å²) >= 11 is 1.74. The Morgan fingerprint density at radius 2 is 2.16 bits per heavy atom. The van der Waals surface area contributed by atoms with Crippen LogP contribution in [0.2, 0.25) is 0 Å². The van der Waals surface area contributed by atoms with E-state index >= 15 is 0 Å². The summed E-state index contributed by atoms with van der Waals surface area (Å²) in [7, 11) is 0. The molecule has 3 rings (SSSR count). The van der Waals surface area contributed by atoms with Crippen molar-refractivity contribution in [2.45, 2.75) is 31.8 Å². The van der Waals surface area contributed by atoms with Crippen molar-refractivity contribution in [1.29, 1.82) is 0 Å². The monoisotopic (exact) mass is 275 g/mol. The number of thiophene rings is 1. The lowest BCUT2D eigenvalue weighted by molar-refractivity contribution is -0.140. The topological polar surface area (TPSA) is 49.3 Å². The van der Waals surface area contributed by atoms with E-state index < -0.39 is 12.0 Å². The standard InChI is InChI=1S/C15H17NO2S/c1-9(16-14(15(17)18)10-6-7-10)13-8-11-4-2-3-5-12(11)19-13/h2-5,8-10,14,16H,6-7H2,1H3,(H,17,18). The zero-order valence-electron chi connectivity index (χ0n) is 10.8. The Labute approximate surface area is 116 Å². The summed E-state index contributed by atoms with van der Waals surface area (Å²) in [5.74, 6) is -0.412. The van der Waals surface area contributed by atoms with Crippen LogP contribution in [-0.2, 0) is 4.79 Å². The van der Waals surface area contributed by atoms with Crippen molar-refractivity contribution in [2.75, 3.05) is 0 Å². The summed E-state index contributed by atoms with van der Waals surface area (Å²) in [5.41, 5.74) is 0. The van der Waals surface area contributed by atoms with Crippen molar-refractivity contribution in [1.82, 2.24) is 5.32 Å². The molecular formula is C15H17NO2S. The molecule has 2 unspecified atom stereocenters. The van der Waals surface area contributed by atoms with Gasteiger partial charge >= 0.3 is 5.97 Å². The second-order valence-corrected chi connectivity index (χ2v) is 6.34. The SMILES string of the molecule is CC(NC(C(=O)O)C1CC1)c1cc2ccccc2s1. The molecule has 3 nitrogen and oxygen atoms in total. The Kier molecular flexibility index (Phi) is 3.29. The maximum absolute atomic E-state index is 11.3. The molecular weight excluding hydrogens is 258 g/mol. The lowest BCUT2D eigenvalue weighted by Gasteiger charge is -2.18. The molecule has 1 aliphatic rings. The van der Waals surface area contributed by atoms with Crippen molar-refractivity contribution in [3.63, 3.8) is 0 Å². The third-order valence-corrected chi connectivity index (χ3v) is 4.96. The normalized spacial score (nSPS) is 18.4. The molecule has 4 heteroatoms. The summed E-state index contributed by atoms with van der Waals surface area (Å²) in [5, 5.41) is 13.8. The molecule has 100 valence electrons. The molecule has 0 bridgehead atoms. The fraction of sp³-hybridized carbons (Fsp3) is 0.400. The number of aliphatic carboxylic acids is 1. The first-order chi connectivity index (χ1) is 9.15. The molecule has 2 N–H and O–H groups in total. The second kappa shape index (κ2) is 4.94. The minimum absolute atomic E-state index is 0.0825. The Morgan fingerprint density at radius 1 is 1.42 bits per heavy atom. The number of nitrogens with one attached hydrogen (secondary N) is 1. The van der Waals surface area contributed by atoms with Crippen molar-refractivity contribution in [2.24, 2.45) is 5.92 Å². The maximum Gasteiger partial charge on any atom is 0.321 e. The fourth-order valence-corrected chi connectivity index (χ4v) is 3.48. The van der Waals surface area contributed by atoms with Crippen LogP contribution < -0.4 is 5.32 Å². The van der Waals surface area contributed by atoms with Gasteiger partial charge in [-0.1, -0.05) is 18.2 Å². The van der Waals surface area contributed by atoms with Crippen LogP contribution >= 0.6 is 11.3 Å². The van der Waals surface area contributed by atoms with Crippen LogP contribution in [0.25, 0.3) is 10.1 Å². The minimum atomic E-state index is -0.726. The number of hydrogen-bond acceptors (Lipinski definition) is 3. The van der Waals surface area contributed by atoms with E-state index in [0.717, 1.165) is 12.8 Å². The number of carboxylic acids is 1. The zero-order valence-corrected chi connectivity index (χ0v) is 11.6. The first-order valence-corrected chi connectivity index (χ1v) is 7.44. The van der Waals surface area contributed by atoms with Crippen LogP contribution in [0, 0.1) is 5.92 Å². The second-order valence-electron chi connectivity index (χ2n) is 5.23. The summed E-state index contributed by atoms with van der Waals surface area (Å²) in [6.45, 7) is 2.04. The zero-order chi connectivity index (χ0) is 13.4. The highest BCUT2D eigenvalue weighted by Crippen LogP contribution is 2.35. The Balaban J connectivity index is 1.78. The van der Waals surface area contributed by atoms with E-state index in [1.807, 2.05) is 19.1 Å². The highest BCUT2D eigenvalue weighted by Gasteiger charge is 2.37. The van der Waals surface area contributed by atoms with Crippen molar-refractivity contribution in [3.8, 4) is 0 Å². The van der Waals surface area contributed by atoms with E-state index in [-0.39, 0.29) is 6.04 Å². The first-order valence-electron chi connectivity index (χ1n) is 6.62. The van der Waals surface area contributed by atoms with Crippen LogP contribution in [0.4, 0.5) is 0 Å². The molecule has 0 aliphatic heterocycles. The number of benzene rings is 1. The third-order valence-electron chi connectivity index (χ3n) is 3.66. The molecule has 2 aromatic rings. The lowest BCUT2D eigenvalue weighted by atomic mass is 10.1. The van der Waals surface area contributed by atoms with Gasteiger partial charge in [-0.25, -0.2) is 0 Å². The predicted octanol–water partition coefficient (Wildman–Crippen LogP) is 3.42. The van der Waals surface area contributed by atoms with E-state index in [0.29, 0.717) is 5.92 Å². The van der Waals surface area contributed by atoms with Gasteiger partial charge in [-0.2, -0.15) is 0 Å². The van der Waals surface area contributed by atoms with Gasteiger partial charge in [-0.05, 0) is 43.2 Å². The van der Waals surface area contributed by atoms with Gasteiger partial charge < -0.3 is 5.11 Å². The minimum Gasteiger partial charge on any atom is -0.480 e. The molecule has 1 aromatic carbocycles. The largest absolute Gasteiger partial charge is 0.480 e. The molecule has 0 amide bonds. The number of carbonyl (C=O) groups is 1. The van der Waals surface area contributed by atoms with E-state index in [4.69, 9.17) is 0 Å². The number of carboxylic acid groups (broad SMARTS) is 1. The van der Waals surface area contributed by atoms with E-state index in [1.54, 1.807) is 11.3 Å². The van der Waals surface area contributed by atoms with Crippen molar-refractivity contribution < 1.29 is 9.90 Å². The highest BCUT2D eigenvalue weighted by molar-refractivity contribution is 7.19. The van der Waals surface area contributed by atoms with E-state index in [9.17, 15) is 9.90 Å². The Hall–Kier alpha value is -1.39. The average Bonchev–Trinajstić information content (AvgIpc) is 3.12. The highest BCUT2D eigenvalue weighted by atomic mass is 32.1. The number of hydrogen-bond donors (Lipinski definition) is 2. The molecule has 1 aromatic heterocycles. The fourth-order valence-electron chi connectivity index (χ4n) is 2.41. The quantitative estimate of drug-likeness (QED) is 0.879. The van der Waals surface area contributed by atoms with Crippen LogP contribution in [0.5, 0.6) is 0 Å². The molecule has 1 fully saturated rings. The summed E-state index contributed by atoms with van der Waals surface area (Å²) < 4.78 is 1.25. The predicted molar refractivity (Wildman–Crippen MR) is 77.5 cm³/mol. The van der Waals surface area contributed by atoms with Crippen molar-refractivity contribution >= 4 is 27.4 Å². The molecule has 1 saturated carbocycles. The summed E-state index contributed by atoms with van der Waals surface area (Å²) in [6, 6.07) is 10.1. The molecule has 0 saturated heterocycles. The van der Waals surface area contributed by atoms with Crippen LogP contribution in [0.15, 0.2) is 30.3 Å². The number of fused-ring (bicyclic) bond motifs is 1. The molecule has 0 radical (unpaired) electrons. The number of rotatable bonds is 5. The van der Waals surface area contributed by atoms with E-state index in [2.05, 4.69) is 23.5 Å². The van der Waals surface area contributed by atoms with Gasteiger partial charge in [0, 0.05) is 15.6 Å². The van der Waals surface area contributed by atoms with Gasteiger partial charge in [-0.15, -0.1) is 11.3 Å². The van der Waals surface area contributed by atoms with Gasteiger partial charge in [0.2, 0.25) is 0 Å². The van der Waals surface area contributed by atoms with Gasteiger partial charge in [0.15, 0.2) is 0 Å². The lowest BCUT2D eigenvalue weighted by Crippen LogP contribution is -2.39. The first kappa shape index (κ1) is 12.6. The van der Waals surface area contributed by atoms with Gasteiger partial charge in [0.1, 0.15) is 6.04 Å². The van der Waals surface area contributed by atoms with Gasteiger partial charge in [-0.3, -0.25) is 10.1 Å². The Morgan fingerprint density at radius 3 is 2.79 bits per heavy atom. The van der Waals surface area contributed by atoms with Gasteiger partial charge in [0.05, 0.1) is 0 Å². The van der Waals surface area contributed by atoms with Crippen LogP contribution in [-0.4, -0.2) is 17.1 Å². The summed E-state index contributed by atoms with van der Waals surface area (Å²) in [6.07, 6.45) is 2.06. The smallest absolute Gasteiger partial charge is 0.321 e. The molecule has 1 aliphatic carbocycles. The molecule has 1 heterocycles. The summed E-state index contributed by atoms with van der Waals surface area (Å²) in [4.78, 5) is 12.5. The average molecular weight is 275 g/mol. The van der Waals surface area contributed by atoms with E-state index in [1.165, 1.54) is 15.0 Å². The molecule has 0 spiro atoms. The maximum atomic E-state index is 11.3. The molecule has 19 heavy (non-hydrogen) atoms. The van der Waals surface area contributed by atoms with Crippen molar-refractivity contribution in [3.05, 3.63) is 35.2 Å².